The van der Waals surface area contributed by atoms with Crippen molar-refractivity contribution in [1.29, 1.82) is 0 Å². The number of thiophene rings is 1. The molecule has 3 aromatic rings. The molecule has 2 heterocycles. The molecule has 0 fully saturated rings. The summed E-state index contributed by atoms with van der Waals surface area (Å²) in [7, 11) is 0. The zero-order chi connectivity index (χ0) is 19.4. The van der Waals surface area contributed by atoms with Gasteiger partial charge >= 0.3 is 5.97 Å². The summed E-state index contributed by atoms with van der Waals surface area (Å²) in [5.74, 6) is -0.795. The number of halogens is 1. The van der Waals surface area contributed by atoms with E-state index in [-0.39, 0.29) is 12.5 Å². The van der Waals surface area contributed by atoms with Crippen LogP contribution >= 0.6 is 22.9 Å². The minimum atomic E-state index is -0.500. The smallest absolute Gasteiger partial charge is 0.348 e. The van der Waals surface area contributed by atoms with E-state index in [2.05, 4.69) is 10.4 Å². The number of nitrogens with one attached hydrogen (secondary N) is 1. The predicted molar refractivity (Wildman–Crippen MR) is 106 cm³/mol. The average molecular weight is 406 g/mol. The van der Waals surface area contributed by atoms with E-state index in [1.54, 1.807) is 6.07 Å². The van der Waals surface area contributed by atoms with Gasteiger partial charge in [0, 0.05) is 17.0 Å². The zero-order valence-corrected chi connectivity index (χ0v) is 16.7. The van der Waals surface area contributed by atoms with Gasteiger partial charge in [0.25, 0.3) is 5.91 Å². The Morgan fingerprint density at radius 2 is 2.04 bits per heavy atom. The number of aromatic nitrogens is 2. The van der Waals surface area contributed by atoms with E-state index in [0.717, 1.165) is 27.9 Å². The third-order valence-corrected chi connectivity index (χ3v) is 5.34. The van der Waals surface area contributed by atoms with Crippen LogP contribution in [0.3, 0.4) is 0 Å². The number of aryl methyl sites for hydroxylation is 1. The molecule has 1 N–H and O–H groups in total. The van der Waals surface area contributed by atoms with Gasteiger partial charge in [-0.05, 0) is 37.1 Å². The van der Waals surface area contributed by atoms with Crippen LogP contribution < -0.4 is 5.32 Å². The second-order valence-corrected chi connectivity index (χ2v) is 7.59. The largest absolute Gasteiger partial charge is 0.451 e. The number of hydrogen-bond acceptors (Lipinski definition) is 5. The predicted octanol–water partition coefficient (Wildman–Crippen LogP) is 3.79. The summed E-state index contributed by atoms with van der Waals surface area (Å²) >= 11 is 7.24. The van der Waals surface area contributed by atoms with Gasteiger partial charge in [0.2, 0.25) is 0 Å². The summed E-state index contributed by atoms with van der Waals surface area (Å²) in [5.41, 5.74) is 1.91. The van der Waals surface area contributed by atoms with Gasteiger partial charge in [0.15, 0.2) is 6.61 Å². The van der Waals surface area contributed by atoms with Gasteiger partial charge in [-0.25, -0.2) is 4.79 Å². The van der Waals surface area contributed by atoms with Crippen molar-refractivity contribution in [3.63, 3.8) is 0 Å². The molecule has 1 aromatic carbocycles. The summed E-state index contributed by atoms with van der Waals surface area (Å²) < 4.78 is 6.98. The number of fused-ring (bicyclic) bond motifs is 1. The number of rotatable bonds is 7. The molecule has 142 valence electrons. The van der Waals surface area contributed by atoms with Crippen LogP contribution in [0.5, 0.6) is 0 Å². The highest BCUT2D eigenvalue weighted by molar-refractivity contribution is 7.20. The highest BCUT2D eigenvalue weighted by atomic mass is 35.5. The van der Waals surface area contributed by atoms with E-state index >= 15 is 0 Å². The Morgan fingerprint density at radius 1 is 1.30 bits per heavy atom. The number of amides is 1. The van der Waals surface area contributed by atoms with Crippen LogP contribution in [0.2, 0.25) is 5.02 Å². The molecule has 8 heteroatoms. The standard InChI is InChI=1S/C19H20ClN3O3S/c1-3-8-21-17(24)11-26-19(25)16-9-15-12(2)22-23(18(15)27-16)10-13-4-6-14(20)7-5-13/h4-7,9H,3,8,10-11H2,1-2H3,(H,21,24). The molecule has 0 saturated heterocycles. The van der Waals surface area contributed by atoms with E-state index in [4.69, 9.17) is 16.3 Å². The second kappa shape index (κ2) is 8.54. The minimum Gasteiger partial charge on any atom is -0.451 e. The van der Waals surface area contributed by atoms with Gasteiger partial charge in [-0.1, -0.05) is 30.7 Å². The fraction of sp³-hybridized carbons (Fsp3) is 0.316. The summed E-state index contributed by atoms with van der Waals surface area (Å²) in [6.45, 7) is 4.73. The molecule has 2 aromatic heterocycles. The first-order valence-electron chi connectivity index (χ1n) is 8.63. The lowest BCUT2D eigenvalue weighted by molar-refractivity contribution is -0.124. The second-order valence-electron chi connectivity index (χ2n) is 6.13. The molecule has 0 aliphatic heterocycles. The van der Waals surface area contributed by atoms with Crippen molar-refractivity contribution in [2.75, 3.05) is 13.2 Å². The topological polar surface area (TPSA) is 73.2 Å². The fourth-order valence-electron chi connectivity index (χ4n) is 2.60. The van der Waals surface area contributed by atoms with Crippen molar-refractivity contribution in [3.05, 3.63) is 51.5 Å². The Bertz CT molecular complexity index is 963. The lowest BCUT2D eigenvalue weighted by Crippen LogP contribution is -2.29. The Labute approximate surface area is 166 Å². The number of hydrogen-bond donors (Lipinski definition) is 1. The van der Waals surface area contributed by atoms with Crippen molar-refractivity contribution >= 4 is 45.0 Å². The van der Waals surface area contributed by atoms with Crippen LogP contribution in [0.15, 0.2) is 30.3 Å². The molecule has 0 atom stereocenters. The van der Waals surface area contributed by atoms with Gasteiger partial charge in [0.05, 0.1) is 12.2 Å². The average Bonchev–Trinajstić information content (AvgIpc) is 3.21. The van der Waals surface area contributed by atoms with E-state index in [1.165, 1.54) is 11.3 Å². The normalized spacial score (nSPS) is 10.9. The van der Waals surface area contributed by atoms with E-state index in [9.17, 15) is 9.59 Å². The molecule has 1 amide bonds. The van der Waals surface area contributed by atoms with Crippen LogP contribution in [-0.4, -0.2) is 34.8 Å². The van der Waals surface area contributed by atoms with Gasteiger partial charge in [-0.3, -0.25) is 9.48 Å². The monoisotopic (exact) mass is 405 g/mol. The lowest BCUT2D eigenvalue weighted by Gasteiger charge is -2.04. The molecule has 0 spiro atoms. The lowest BCUT2D eigenvalue weighted by atomic mass is 10.2. The van der Waals surface area contributed by atoms with Crippen molar-refractivity contribution in [2.24, 2.45) is 0 Å². The van der Waals surface area contributed by atoms with Crippen molar-refractivity contribution in [1.82, 2.24) is 15.1 Å². The van der Waals surface area contributed by atoms with Gasteiger partial charge in [0.1, 0.15) is 9.71 Å². The number of ether oxygens (including phenoxy) is 1. The fourth-order valence-corrected chi connectivity index (χ4v) is 3.78. The summed E-state index contributed by atoms with van der Waals surface area (Å²) in [5, 5.41) is 8.83. The third kappa shape index (κ3) is 4.67. The Morgan fingerprint density at radius 3 is 2.74 bits per heavy atom. The van der Waals surface area contributed by atoms with Crippen LogP contribution in [0.1, 0.15) is 34.3 Å². The molecular formula is C19H20ClN3O3S. The van der Waals surface area contributed by atoms with Crippen LogP contribution in [0.4, 0.5) is 0 Å². The maximum Gasteiger partial charge on any atom is 0.348 e. The maximum absolute atomic E-state index is 12.3. The maximum atomic E-state index is 12.3. The highest BCUT2D eigenvalue weighted by Crippen LogP contribution is 2.29. The third-order valence-electron chi connectivity index (χ3n) is 3.96. The van der Waals surface area contributed by atoms with Crippen molar-refractivity contribution in [2.45, 2.75) is 26.8 Å². The quantitative estimate of drug-likeness (QED) is 0.607. The number of esters is 1. The number of carbonyl (C=O) groups excluding carboxylic acids is 2. The highest BCUT2D eigenvalue weighted by Gasteiger charge is 2.18. The number of benzene rings is 1. The molecule has 6 nitrogen and oxygen atoms in total. The van der Waals surface area contributed by atoms with Gasteiger partial charge < -0.3 is 10.1 Å². The Balaban J connectivity index is 1.74. The van der Waals surface area contributed by atoms with Crippen LogP contribution in [0.25, 0.3) is 10.2 Å². The molecular weight excluding hydrogens is 386 g/mol. The molecule has 0 aliphatic rings. The first kappa shape index (κ1) is 19.4. The van der Waals surface area contributed by atoms with E-state index < -0.39 is 5.97 Å². The molecule has 0 aliphatic carbocycles. The minimum absolute atomic E-state index is 0.275. The molecule has 0 radical (unpaired) electrons. The molecule has 0 bridgehead atoms. The summed E-state index contributed by atoms with van der Waals surface area (Å²) in [4.78, 5) is 25.2. The number of nitrogens with zero attached hydrogens (tertiary/aromatic N) is 2. The molecule has 27 heavy (non-hydrogen) atoms. The van der Waals surface area contributed by atoms with Crippen molar-refractivity contribution in [3.8, 4) is 0 Å². The first-order chi connectivity index (χ1) is 13.0. The molecule has 0 saturated carbocycles. The molecule has 0 unspecified atom stereocenters. The summed E-state index contributed by atoms with van der Waals surface area (Å²) in [6.07, 6.45) is 0.833. The van der Waals surface area contributed by atoms with E-state index in [0.29, 0.717) is 23.0 Å². The SMILES string of the molecule is CCCNC(=O)COC(=O)c1cc2c(C)nn(Cc3ccc(Cl)cc3)c2s1. The first-order valence-corrected chi connectivity index (χ1v) is 9.82. The van der Waals surface area contributed by atoms with Crippen LogP contribution in [0, 0.1) is 6.92 Å². The van der Waals surface area contributed by atoms with Crippen LogP contribution in [-0.2, 0) is 16.1 Å². The zero-order valence-electron chi connectivity index (χ0n) is 15.1. The van der Waals surface area contributed by atoms with E-state index in [1.807, 2.05) is 42.8 Å². The molecule has 3 rings (SSSR count). The van der Waals surface area contributed by atoms with Gasteiger partial charge in [-0.2, -0.15) is 5.10 Å². The number of carbonyl (C=O) groups is 2. The Hall–Kier alpha value is -2.38. The van der Waals surface area contributed by atoms with Crippen molar-refractivity contribution < 1.29 is 14.3 Å². The Kier molecular flexibility index (Phi) is 6.13. The summed E-state index contributed by atoms with van der Waals surface area (Å²) in [6, 6.07) is 9.34. The van der Waals surface area contributed by atoms with Gasteiger partial charge in [-0.15, -0.1) is 11.3 Å².